The maximum Gasteiger partial charge on any atom is 0.416 e. The van der Waals surface area contributed by atoms with Gasteiger partial charge in [0.1, 0.15) is 5.69 Å². The van der Waals surface area contributed by atoms with Gasteiger partial charge in [-0.05, 0) is 30.2 Å². The maximum absolute atomic E-state index is 13.0. The van der Waals surface area contributed by atoms with Crippen molar-refractivity contribution in [3.8, 4) is 16.9 Å². The Morgan fingerprint density at radius 1 is 1.00 bits per heavy atom. The quantitative estimate of drug-likeness (QED) is 0.262. The van der Waals surface area contributed by atoms with E-state index in [1.165, 1.54) is 6.07 Å². The zero-order chi connectivity index (χ0) is 25.8. The van der Waals surface area contributed by atoms with Crippen LogP contribution in [-0.4, -0.2) is 32.3 Å². The number of benzene rings is 3. The molecule has 1 atom stereocenters. The van der Waals surface area contributed by atoms with Gasteiger partial charge in [0.05, 0.1) is 22.7 Å². The van der Waals surface area contributed by atoms with Crippen LogP contribution in [-0.2, 0) is 17.4 Å². The fourth-order valence-electron chi connectivity index (χ4n) is 3.83. The molecule has 1 aromatic heterocycles. The highest BCUT2D eigenvalue weighted by molar-refractivity contribution is 8.15. The van der Waals surface area contributed by atoms with Gasteiger partial charge in [-0.25, -0.2) is 4.68 Å². The Bertz CT molecular complexity index is 1470. The largest absolute Gasteiger partial charge is 0.416 e. The zero-order valence-corrected chi connectivity index (χ0v) is 20.1. The minimum atomic E-state index is -4.44. The van der Waals surface area contributed by atoms with Crippen molar-refractivity contribution in [2.24, 2.45) is 10.2 Å². The minimum absolute atomic E-state index is 0.144. The number of halogens is 3. The first-order valence-electron chi connectivity index (χ1n) is 11.3. The molecule has 0 bridgehead atoms. The first-order valence-corrected chi connectivity index (χ1v) is 12.2. The van der Waals surface area contributed by atoms with Crippen LogP contribution in [0, 0.1) is 0 Å². The summed E-state index contributed by atoms with van der Waals surface area (Å²) >= 11 is 1.14. The van der Waals surface area contributed by atoms with E-state index in [-0.39, 0.29) is 17.5 Å². The number of hydrogen-bond acceptors (Lipinski definition) is 5. The molecule has 0 spiro atoms. The van der Waals surface area contributed by atoms with Gasteiger partial charge in [-0.1, -0.05) is 78.5 Å². The predicted molar refractivity (Wildman–Crippen MR) is 139 cm³/mol. The van der Waals surface area contributed by atoms with Gasteiger partial charge in [0.25, 0.3) is 0 Å². The lowest BCUT2D eigenvalue weighted by Gasteiger charge is -2.10. The highest BCUT2D eigenvalue weighted by Gasteiger charge is 2.33. The molecule has 1 aliphatic rings. The van der Waals surface area contributed by atoms with E-state index >= 15 is 0 Å². The lowest BCUT2D eigenvalue weighted by molar-refractivity contribution is -0.137. The number of amidine groups is 1. The Morgan fingerprint density at radius 2 is 1.73 bits per heavy atom. The summed E-state index contributed by atoms with van der Waals surface area (Å²) in [4.78, 5) is 12.4. The third-order valence-electron chi connectivity index (χ3n) is 5.61. The number of carbonyl (C=O) groups excluding carboxylic acids is 1. The van der Waals surface area contributed by atoms with Gasteiger partial charge in [-0.3, -0.25) is 4.79 Å². The van der Waals surface area contributed by atoms with E-state index in [4.69, 9.17) is 5.10 Å². The summed E-state index contributed by atoms with van der Waals surface area (Å²) in [6.07, 6.45) is -0.882. The molecule has 3 aromatic carbocycles. The summed E-state index contributed by atoms with van der Waals surface area (Å²) in [6, 6.07) is 24.3. The van der Waals surface area contributed by atoms with Crippen molar-refractivity contribution < 1.29 is 18.0 Å². The summed E-state index contributed by atoms with van der Waals surface area (Å²) in [6.45, 7) is 0. The highest BCUT2D eigenvalue weighted by atomic mass is 32.2. The molecule has 4 aromatic rings. The van der Waals surface area contributed by atoms with E-state index in [1.54, 1.807) is 17.0 Å². The number of carbonyl (C=O) groups is 1. The fourth-order valence-corrected chi connectivity index (χ4v) is 4.80. The molecule has 1 amide bonds. The van der Waals surface area contributed by atoms with Crippen LogP contribution in [0.15, 0.2) is 101 Å². The van der Waals surface area contributed by atoms with Crippen LogP contribution in [0.5, 0.6) is 0 Å². The first-order chi connectivity index (χ1) is 17.9. The topological polar surface area (TPSA) is 71.6 Å². The summed E-state index contributed by atoms with van der Waals surface area (Å²) in [5.74, 6) is -0.321. The van der Waals surface area contributed by atoms with Crippen LogP contribution in [0.1, 0.15) is 16.7 Å². The summed E-state index contributed by atoms with van der Waals surface area (Å²) in [5.41, 5.74) is 2.94. The van der Waals surface area contributed by atoms with Gasteiger partial charge in [0, 0.05) is 17.3 Å². The first kappa shape index (κ1) is 24.5. The van der Waals surface area contributed by atoms with Crippen molar-refractivity contribution in [2.45, 2.75) is 17.8 Å². The molecule has 6 nitrogen and oxygen atoms in total. The smallest absolute Gasteiger partial charge is 0.303 e. The van der Waals surface area contributed by atoms with Gasteiger partial charge in [0.15, 0.2) is 5.17 Å². The molecule has 0 saturated carbocycles. The summed E-state index contributed by atoms with van der Waals surface area (Å²) < 4.78 is 40.8. The average molecular weight is 520 g/mol. The van der Waals surface area contributed by atoms with Crippen LogP contribution in [0.3, 0.4) is 0 Å². The number of nitrogens with zero attached hydrogens (tertiary/aromatic N) is 4. The predicted octanol–water partition coefficient (Wildman–Crippen LogP) is 5.72. The molecule has 1 fully saturated rings. The minimum Gasteiger partial charge on any atom is -0.303 e. The van der Waals surface area contributed by atoms with Gasteiger partial charge >= 0.3 is 6.18 Å². The van der Waals surface area contributed by atoms with Crippen molar-refractivity contribution in [1.82, 2.24) is 15.1 Å². The van der Waals surface area contributed by atoms with Crippen molar-refractivity contribution in [3.05, 3.63) is 108 Å². The standard InChI is InChI=1S/C27H20F3N5OS/c28-27(29,30)21-11-7-8-18(14-21)15-23-25(36)32-26(37-23)33-31-16-20-17-35(22-12-5-2-6-13-22)34-24(20)19-9-3-1-4-10-19/h1-14,16-17,23H,15H2,(H,32,33,36)/b31-16+. The lowest BCUT2D eigenvalue weighted by Crippen LogP contribution is -2.26. The van der Waals surface area contributed by atoms with Crippen molar-refractivity contribution in [2.75, 3.05) is 0 Å². The van der Waals surface area contributed by atoms with Crippen LogP contribution in [0.25, 0.3) is 16.9 Å². The molecular weight excluding hydrogens is 499 g/mol. The molecule has 1 unspecified atom stereocenters. The molecule has 2 heterocycles. The summed E-state index contributed by atoms with van der Waals surface area (Å²) in [5, 5.41) is 15.4. The molecule has 1 aliphatic heterocycles. The number of rotatable bonds is 6. The molecule has 0 aliphatic carbocycles. The van der Waals surface area contributed by atoms with E-state index in [1.807, 2.05) is 66.9 Å². The molecule has 37 heavy (non-hydrogen) atoms. The molecule has 10 heteroatoms. The highest BCUT2D eigenvalue weighted by Crippen LogP contribution is 2.31. The number of nitrogens with one attached hydrogen (secondary N) is 1. The number of para-hydroxylation sites is 1. The number of amides is 1. The molecule has 186 valence electrons. The average Bonchev–Trinajstić information content (AvgIpc) is 3.48. The Labute approximate surface area is 214 Å². The molecule has 0 radical (unpaired) electrons. The Hall–Kier alpha value is -4.18. The number of alkyl halides is 3. The van der Waals surface area contributed by atoms with Crippen LogP contribution in [0.4, 0.5) is 13.2 Å². The lowest BCUT2D eigenvalue weighted by atomic mass is 10.1. The van der Waals surface area contributed by atoms with Crippen LogP contribution in [0.2, 0.25) is 0 Å². The molecule has 1 N–H and O–H groups in total. The molecule has 1 saturated heterocycles. The van der Waals surface area contributed by atoms with E-state index in [0.29, 0.717) is 5.56 Å². The molecule has 5 rings (SSSR count). The summed E-state index contributed by atoms with van der Waals surface area (Å²) in [7, 11) is 0. The van der Waals surface area contributed by atoms with Crippen LogP contribution >= 0.6 is 11.8 Å². The van der Waals surface area contributed by atoms with E-state index in [0.717, 1.165) is 46.4 Å². The maximum atomic E-state index is 13.0. The SMILES string of the molecule is O=C1N/C(=N\N=C\c2cn(-c3ccccc3)nc2-c2ccccc2)SC1Cc1cccc(C(F)(F)F)c1. The van der Waals surface area contributed by atoms with Gasteiger partial charge in [0.2, 0.25) is 5.91 Å². The van der Waals surface area contributed by atoms with E-state index < -0.39 is 17.0 Å². The zero-order valence-electron chi connectivity index (χ0n) is 19.3. The Morgan fingerprint density at radius 3 is 2.46 bits per heavy atom. The van der Waals surface area contributed by atoms with Crippen LogP contribution < -0.4 is 5.32 Å². The van der Waals surface area contributed by atoms with Crippen molar-refractivity contribution in [1.29, 1.82) is 0 Å². The Kier molecular flexibility index (Phi) is 6.91. The number of hydrogen-bond donors (Lipinski definition) is 1. The van der Waals surface area contributed by atoms with E-state index in [2.05, 4.69) is 15.5 Å². The fraction of sp³-hybridized carbons (Fsp3) is 0.111. The second-order valence-corrected chi connectivity index (χ2v) is 9.42. The van der Waals surface area contributed by atoms with Gasteiger partial charge in [-0.15, -0.1) is 5.10 Å². The van der Waals surface area contributed by atoms with Crippen molar-refractivity contribution >= 4 is 29.1 Å². The third-order valence-corrected chi connectivity index (χ3v) is 6.68. The second-order valence-electron chi connectivity index (χ2n) is 8.23. The normalized spacial score (nSPS) is 17.0. The number of thioether (sulfide) groups is 1. The van der Waals surface area contributed by atoms with Crippen molar-refractivity contribution in [3.63, 3.8) is 0 Å². The Balaban J connectivity index is 1.34. The third kappa shape index (κ3) is 5.80. The monoisotopic (exact) mass is 519 g/mol. The van der Waals surface area contributed by atoms with Gasteiger partial charge in [-0.2, -0.15) is 23.4 Å². The van der Waals surface area contributed by atoms with Gasteiger partial charge < -0.3 is 5.32 Å². The second kappa shape index (κ2) is 10.4. The molecular formula is C27H20F3N5OS. The van der Waals surface area contributed by atoms with E-state index in [9.17, 15) is 18.0 Å². The number of aromatic nitrogens is 2.